The van der Waals surface area contributed by atoms with E-state index >= 15 is 0 Å². The van der Waals surface area contributed by atoms with Crippen LogP contribution >= 0.6 is 0 Å². The van der Waals surface area contributed by atoms with Gasteiger partial charge in [-0.1, -0.05) is 12.5 Å². The van der Waals surface area contributed by atoms with Crippen molar-refractivity contribution in [3.63, 3.8) is 0 Å². The van der Waals surface area contributed by atoms with Crippen LogP contribution in [0.15, 0.2) is 24.4 Å². The molecule has 0 aliphatic rings. The first-order valence-corrected chi connectivity index (χ1v) is 4.89. The quantitative estimate of drug-likeness (QED) is 0.630. The molecule has 76 valence electrons. The van der Waals surface area contributed by atoms with Crippen molar-refractivity contribution in [3.8, 4) is 0 Å². The lowest BCUT2D eigenvalue weighted by Gasteiger charge is -2.01. The van der Waals surface area contributed by atoms with Crippen molar-refractivity contribution in [2.75, 3.05) is 0 Å². The van der Waals surface area contributed by atoms with Gasteiger partial charge in [0, 0.05) is 17.9 Å². The number of carbonyl (C=O) groups excluding carboxylic acids is 1. The van der Waals surface area contributed by atoms with Crippen molar-refractivity contribution in [1.82, 2.24) is 4.98 Å². The van der Waals surface area contributed by atoms with Gasteiger partial charge >= 0.3 is 0 Å². The fourth-order valence-electron chi connectivity index (χ4n) is 1.30. The van der Waals surface area contributed by atoms with Crippen LogP contribution in [0, 0.1) is 0 Å². The van der Waals surface area contributed by atoms with Crippen molar-refractivity contribution < 1.29 is 9.90 Å². The van der Waals surface area contributed by atoms with Crippen molar-refractivity contribution in [3.05, 3.63) is 30.1 Å². The van der Waals surface area contributed by atoms with Crippen LogP contribution in [0.4, 0.5) is 0 Å². The second kappa shape index (κ2) is 6.13. The Bertz CT molecular complexity index is 272. The van der Waals surface area contributed by atoms with Gasteiger partial charge in [0.1, 0.15) is 0 Å². The summed E-state index contributed by atoms with van der Waals surface area (Å²) in [5.41, 5.74) is 1.07. The third-order valence-electron chi connectivity index (χ3n) is 2.04. The molecule has 0 amide bonds. The highest BCUT2D eigenvalue weighted by molar-refractivity contribution is 5.63. The van der Waals surface area contributed by atoms with E-state index in [0.717, 1.165) is 25.0 Å². The number of pyridine rings is 1. The molecule has 0 spiro atoms. The second-order valence-electron chi connectivity index (χ2n) is 3.25. The number of aromatic nitrogens is 1. The molecule has 1 heterocycles. The molecule has 0 bridgehead atoms. The molecule has 1 aromatic heterocycles. The summed E-state index contributed by atoms with van der Waals surface area (Å²) in [6.45, 7) is 0. The molecule has 3 nitrogen and oxygen atoms in total. The highest BCUT2D eigenvalue weighted by atomic mass is 16.4. The maximum atomic E-state index is 10.1. The molecule has 1 rings (SSSR count). The number of nitrogens with zero attached hydrogens (tertiary/aromatic N) is 1. The summed E-state index contributed by atoms with van der Waals surface area (Å²) in [7, 11) is 0. The Morgan fingerprint density at radius 3 is 2.79 bits per heavy atom. The van der Waals surface area contributed by atoms with Crippen LogP contribution < -0.4 is 5.11 Å². The predicted molar refractivity (Wildman–Crippen MR) is 51.4 cm³/mol. The maximum Gasteiger partial charge on any atom is 0.0414 e. The monoisotopic (exact) mass is 192 g/mol. The van der Waals surface area contributed by atoms with E-state index in [4.69, 9.17) is 0 Å². The molecule has 0 radical (unpaired) electrons. The zero-order valence-corrected chi connectivity index (χ0v) is 8.11. The Balaban J connectivity index is 2.08. The molecule has 0 saturated heterocycles. The lowest BCUT2D eigenvalue weighted by Crippen LogP contribution is -2.21. The van der Waals surface area contributed by atoms with E-state index in [1.54, 1.807) is 6.20 Å². The van der Waals surface area contributed by atoms with Gasteiger partial charge in [-0.2, -0.15) is 0 Å². The van der Waals surface area contributed by atoms with Crippen molar-refractivity contribution >= 4 is 5.97 Å². The number of aryl methyl sites for hydroxylation is 1. The lowest BCUT2D eigenvalue weighted by molar-refractivity contribution is -0.305. The molecule has 3 heteroatoms. The summed E-state index contributed by atoms with van der Waals surface area (Å²) in [5, 5.41) is 10.1. The van der Waals surface area contributed by atoms with Gasteiger partial charge < -0.3 is 9.90 Å². The van der Waals surface area contributed by atoms with Crippen LogP contribution in [0.3, 0.4) is 0 Å². The van der Waals surface area contributed by atoms with E-state index < -0.39 is 5.97 Å². The Hall–Kier alpha value is -1.38. The Kier molecular flexibility index (Phi) is 4.69. The van der Waals surface area contributed by atoms with E-state index in [9.17, 15) is 9.90 Å². The molecule has 0 fully saturated rings. The first-order valence-electron chi connectivity index (χ1n) is 4.89. The molecule has 1 aromatic rings. The first-order chi connectivity index (χ1) is 6.79. The van der Waals surface area contributed by atoms with Gasteiger partial charge in [0.15, 0.2) is 0 Å². The summed E-state index contributed by atoms with van der Waals surface area (Å²) in [4.78, 5) is 14.3. The molecule has 0 aromatic carbocycles. The van der Waals surface area contributed by atoms with Gasteiger partial charge in [0.05, 0.1) is 0 Å². The number of carboxylic acids is 1. The maximum absolute atomic E-state index is 10.1. The van der Waals surface area contributed by atoms with E-state index in [1.165, 1.54) is 0 Å². The zero-order chi connectivity index (χ0) is 10.2. The predicted octanol–water partition coefficient (Wildman–Crippen LogP) is 0.934. The van der Waals surface area contributed by atoms with Crippen LogP contribution in [-0.2, 0) is 11.2 Å². The van der Waals surface area contributed by atoms with Crippen LogP contribution in [0.1, 0.15) is 31.4 Å². The first kappa shape index (κ1) is 10.7. The third kappa shape index (κ3) is 4.60. The summed E-state index contributed by atoms with van der Waals surface area (Å²) in [5.74, 6) is -0.956. The lowest BCUT2D eigenvalue weighted by atomic mass is 10.1. The number of unbranched alkanes of at least 4 members (excludes halogenated alkanes) is 2. The Labute approximate surface area is 83.8 Å². The highest BCUT2D eigenvalue weighted by Crippen LogP contribution is 2.04. The van der Waals surface area contributed by atoms with Gasteiger partial charge in [0.25, 0.3) is 0 Å². The molecule has 0 saturated carbocycles. The van der Waals surface area contributed by atoms with Crippen LogP contribution in [0.2, 0.25) is 0 Å². The molecule has 0 N–H and O–H groups in total. The highest BCUT2D eigenvalue weighted by Gasteiger charge is 1.93. The summed E-state index contributed by atoms with van der Waals surface area (Å²) in [6.07, 6.45) is 5.48. The van der Waals surface area contributed by atoms with Gasteiger partial charge in [0.2, 0.25) is 0 Å². The number of hydrogen-bond acceptors (Lipinski definition) is 3. The minimum Gasteiger partial charge on any atom is -0.550 e. The molecule has 0 unspecified atom stereocenters. The van der Waals surface area contributed by atoms with Crippen LogP contribution in [-0.4, -0.2) is 11.0 Å². The molecule has 0 atom stereocenters. The number of carboxylic acid groups (broad SMARTS) is 1. The van der Waals surface area contributed by atoms with Crippen LogP contribution in [0.25, 0.3) is 0 Å². The fourth-order valence-corrected chi connectivity index (χ4v) is 1.30. The SMILES string of the molecule is O=C([O-])CCCCCc1ccccn1. The van der Waals surface area contributed by atoms with Crippen LogP contribution in [0.5, 0.6) is 0 Å². The van der Waals surface area contributed by atoms with Gasteiger partial charge in [-0.3, -0.25) is 4.98 Å². The molecular formula is C11H14NO2-. The zero-order valence-electron chi connectivity index (χ0n) is 8.11. The number of aliphatic carboxylic acids is 1. The number of carbonyl (C=O) groups is 1. The third-order valence-corrected chi connectivity index (χ3v) is 2.04. The van der Waals surface area contributed by atoms with E-state index in [2.05, 4.69) is 4.98 Å². The smallest absolute Gasteiger partial charge is 0.0414 e. The topological polar surface area (TPSA) is 53.0 Å². The van der Waals surface area contributed by atoms with E-state index in [1.807, 2.05) is 18.2 Å². The second-order valence-corrected chi connectivity index (χ2v) is 3.25. The van der Waals surface area contributed by atoms with Crippen molar-refractivity contribution in [2.45, 2.75) is 32.1 Å². The average Bonchev–Trinajstić information content (AvgIpc) is 2.18. The van der Waals surface area contributed by atoms with Gasteiger partial charge in [-0.15, -0.1) is 0 Å². The number of hydrogen-bond donors (Lipinski definition) is 0. The normalized spacial score (nSPS) is 10.0. The summed E-state index contributed by atoms with van der Waals surface area (Å²) >= 11 is 0. The van der Waals surface area contributed by atoms with Crippen molar-refractivity contribution in [2.24, 2.45) is 0 Å². The Morgan fingerprint density at radius 2 is 2.14 bits per heavy atom. The molecule has 0 aliphatic heterocycles. The molecule has 14 heavy (non-hydrogen) atoms. The number of rotatable bonds is 6. The standard InChI is InChI=1S/C11H15NO2/c13-11(14)8-3-1-2-6-10-7-4-5-9-12-10/h4-5,7,9H,1-3,6,8H2,(H,13,14)/p-1. The Morgan fingerprint density at radius 1 is 1.29 bits per heavy atom. The van der Waals surface area contributed by atoms with Gasteiger partial charge in [-0.05, 0) is 37.8 Å². The fraction of sp³-hybridized carbons (Fsp3) is 0.455. The van der Waals surface area contributed by atoms with E-state index in [-0.39, 0.29) is 6.42 Å². The summed E-state index contributed by atoms with van der Waals surface area (Å²) < 4.78 is 0. The average molecular weight is 192 g/mol. The molecule has 0 aliphatic carbocycles. The van der Waals surface area contributed by atoms with Crippen molar-refractivity contribution in [1.29, 1.82) is 0 Å². The summed E-state index contributed by atoms with van der Waals surface area (Å²) in [6, 6.07) is 5.84. The largest absolute Gasteiger partial charge is 0.550 e. The minimum atomic E-state index is -0.956. The van der Waals surface area contributed by atoms with Gasteiger partial charge in [-0.25, -0.2) is 0 Å². The molecular weight excluding hydrogens is 178 g/mol. The minimum absolute atomic E-state index is 0.169. The van der Waals surface area contributed by atoms with E-state index in [0.29, 0.717) is 6.42 Å².